The molecule has 2 aromatic rings. The number of carbonyl (C=O) groups is 2. The van der Waals surface area contributed by atoms with Crippen LogP contribution in [0.2, 0.25) is 0 Å². The predicted octanol–water partition coefficient (Wildman–Crippen LogP) is 3.47. The van der Waals surface area contributed by atoms with Crippen molar-refractivity contribution in [3.8, 4) is 17.2 Å². The van der Waals surface area contributed by atoms with Crippen LogP contribution in [0.1, 0.15) is 40.0 Å². The molecule has 0 saturated carbocycles. The lowest BCUT2D eigenvalue weighted by atomic mass is 10.1. The number of hydrogen-bond acceptors (Lipinski definition) is 6. The van der Waals surface area contributed by atoms with Crippen LogP contribution >= 0.6 is 12.2 Å². The van der Waals surface area contributed by atoms with Crippen molar-refractivity contribution in [2.24, 2.45) is 0 Å². The summed E-state index contributed by atoms with van der Waals surface area (Å²) in [5.74, 6) is 0.671. The summed E-state index contributed by atoms with van der Waals surface area (Å²) in [4.78, 5) is 27.3. The number of thiocarbonyl (C=S) groups is 1. The number of ether oxygens (including phenoxy) is 3. The molecule has 1 aliphatic heterocycles. The fourth-order valence-electron chi connectivity index (χ4n) is 3.56. The molecule has 2 aromatic carbocycles. The molecular weight excluding hydrogens is 430 g/mol. The number of piperidine rings is 1. The Balaban J connectivity index is 1.68. The summed E-state index contributed by atoms with van der Waals surface area (Å²) in [7, 11) is 4.44. The zero-order valence-corrected chi connectivity index (χ0v) is 19.2. The lowest BCUT2D eigenvalue weighted by Crippen LogP contribution is -2.36. The van der Waals surface area contributed by atoms with Gasteiger partial charge in [-0.1, -0.05) is 6.07 Å². The van der Waals surface area contributed by atoms with E-state index in [-0.39, 0.29) is 16.6 Å². The Hall–Kier alpha value is -3.33. The third-order valence-corrected chi connectivity index (χ3v) is 5.37. The van der Waals surface area contributed by atoms with Crippen LogP contribution in [0, 0.1) is 0 Å². The van der Waals surface area contributed by atoms with Gasteiger partial charge in [-0.15, -0.1) is 0 Å². The number of methoxy groups -OCH3 is 3. The van der Waals surface area contributed by atoms with Gasteiger partial charge < -0.3 is 24.4 Å². The van der Waals surface area contributed by atoms with Crippen LogP contribution < -0.4 is 24.8 Å². The normalized spacial score (nSPS) is 13.2. The third-order valence-electron chi connectivity index (χ3n) is 5.16. The predicted molar refractivity (Wildman–Crippen MR) is 126 cm³/mol. The Bertz CT molecular complexity index is 980. The van der Waals surface area contributed by atoms with Crippen molar-refractivity contribution in [1.82, 2.24) is 10.2 Å². The van der Waals surface area contributed by atoms with Crippen molar-refractivity contribution in [1.29, 1.82) is 0 Å². The molecule has 2 N–H and O–H groups in total. The second kappa shape index (κ2) is 10.8. The zero-order valence-electron chi connectivity index (χ0n) is 18.4. The SMILES string of the molecule is COc1cc(C(=O)NC(=S)Nc2cccc(C(=O)N3CCCCC3)c2)cc(OC)c1OC. The first-order chi connectivity index (χ1) is 15.5. The van der Waals surface area contributed by atoms with E-state index in [1.807, 2.05) is 4.90 Å². The maximum absolute atomic E-state index is 12.7. The molecule has 3 rings (SSSR count). The standard InChI is InChI=1S/C23H27N3O5S/c1-29-18-13-16(14-19(30-2)20(18)31-3)21(27)25-23(32)24-17-9-7-8-15(12-17)22(28)26-10-5-4-6-11-26/h7-9,12-14H,4-6,10-11H2,1-3H3,(H2,24,25,27,32). The summed E-state index contributed by atoms with van der Waals surface area (Å²) < 4.78 is 15.8. The van der Waals surface area contributed by atoms with E-state index >= 15 is 0 Å². The van der Waals surface area contributed by atoms with Crippen molar-refractivity contribution in [3.05, 3.63) is 47.5 Å². The summed E-state index contributed by atoms with van der Waals surface area (Å²) in [6.07, 6.45) is 3.22. The molecule has 1 aliphatic rings. The Morgan fingerprint density at radius 2 is 1.56 bits per heavy atom. The van der Waals surface area contributed by atoms with Gasteiger partial charge in [0.15, 0.2) is 16.6 Å². The maximum atomic E-state index is 12.7. The van der Waals surface area contributed by atoms with Gasteiger partial charge in [0.1, 0.15) is 0 Å². The van der Waals surface area contributed by atoms with Crippen LogP contribution in [0.5, 0.6) is 17.2 Å². The van der Waals surface area contributed by atoms with E-state index in [4.69, 9.17) is 26.4 Å². The molecule has 0 aromatic heterocycles. The van der Waals surface area contributed by atoms with E-state index in [0.29, 0.717) is 28.5 Å². The summed E-state index contributed by atoms with van der Waals surface area (Å²) in [6, 6.07) is 10.1. The molecule has 1 saturated heterocycles. The molecule has 0 aliphatic carbocycles. The quantitative estimate of drug-likeness (QED) is 0.642. The monoisotopic (exact) mass is 457 g/mol. The number of likely N-dealkylation sites (tertiary alicyclic amines) is 1. The van der Waals surface area contributed by atoms with E-state index in [1.165, 1.54) is 33.5 Å². The molecule has 0 atom stereocenters. The highest BCUT2D eigenvalue weighted by Gasteiger charge is 2.19. The van der Waals surface area contributed by atoms with Crippen LogP contribution in [0.15, 0.2) is 36.4 Å². The van der Waals surface area contributed by atoms with Gasteiger partial charge in [0.2, 0.25) is 5.75 Å². The molecule has 32 heavy (non-hydrogen) atoms. The van der Waals surface area contributed by atoms with Gasteiger partial charge in [-0.2, -0.15) is 0 Å². The number of nitrogens with one attached hydrogen (secondary N) is 2. The second-order valence-corrected chi connectivity index (χ2v) is 7.66. The summed E-state index contributed by atoms with van der Waals surface area (Å²) >= 11 is 5.29. The Morgan fingerprint density at radius 1 is 0.906 bits per heavy atom. The van der Waals surface area contributed by atoms with Crippen LogP contribution in [0.4, 0.5) is 5.69 Å². The summed E-state index contributed by atoms with van der Waals surface area (Å²) in [5, 5.41) is 5.70. The van der Waals surface area contributed by atoms with Crippen LogP contribution in [-0.4, -0.2) is 56.2 Å². The number of rotatable bonds is 6. The van der Waals surface area contributed by atoms with E-state index in [0.717, 1.165) is 32.4 Å². The maximum Gasteiger partial charge on any atom is 0.257 e. The molecule has 0 radical (unpaired) electrons. The molecule has 8 nitrogen and oxygen atoms in total. The molecule has 1 heterocycles. The van der Waals surface area contributed by atoms with Crippen molar-refractivity contribution in [2.75, 3.05) is 39.7 Å². The van der Waals surface area contributed by atoms with Gasteiger partial charge in [0.25, 0.3) is 11.8 Å². The fourth-order valence-corrected chi connectivity index (χ4v) is 3.77. The topological polar surface area (TPSA) is 89.1 Å². The lowest BCUT2D eigenvalue weighted by Gasteiger charge is -2.26. The van der Waals surface area contributed by atoms with Crippen LogP contribution in [0.3, 0.4) is 0 Å². The van der Waals surface area contributed by atoms with Crippen molar-refractivity contribution >= 4 is 34.8 Å². The van der Waals surface area contributed by atoms with Gasteiger partial charge in [-0.3, -0.25) is 14.9 Å². The van der Waals surface area contributed by atoms with Crippen molar-refractivity contribution in [3.63, 3.8) is 0 Å². The molecule has 0 unspecified atom stereocenters. The summed E-state index contributed by atoms with van der Waals surface area (Å²) in [5.41, 5.74) is 1.48. The number of anilines is 1. The highest BCUT2D eigenvalue weighted by atomic mass is 32.1. The van der Waals surface area contributed by atoms with Gasteiger partial charge in [0, 0.05) is 29.9 Å². The highest BCUT2D eigenvalue weighted by molar-refractivity contribution is 7.80. The van der Waals surface area contributed by atoms with Gasteiger partial charge in [-0.25, -0.2) is 0 Å². The molecule has 9 heteroatoms. The second-order valence-electron chi connectivity index (χ2n) is 7.26. The van der Waals surface area contributed by atoms with Crippen molar-refractivity contribution in [2.45, 2.75) is 19.3 Å². The van der Waals surface area contributed by atoms with Crippen molar-refractivity contribution < 1.29 is 23.8 Å². The average Bonchev–Trinajstić information content (AvgIpc) is 2.83. The van der Waals surface area contributed by atoms with Gasteiger partial charge in [0.05, 0.1) is 21.3 Å². The minimum absolute atomic E-state index is 0.000673. The summed E-state index contributed by atoms with van der Waals surface area (Å²) in [6.45, 7) is 1.56. The lowest BCUT2D eigenvalue weighted by molar-refractivity contribution is 0.0724. The Kier molecular flexibility index (Phi) is 7.88. The number of benzene rings is 2. The molecule has 0 bridgehead atoms. The Morgan fingerprint density at radius 3 is 2.16 bits per heavy atom. The number of amides is 2. The first kappa shape index (κ1) is 23.3. The number of hydrogen-bond donors (Lipinski definition) is 2. The largest absolute Gasteiger partial charge is 0.493 e. The minimum Gasteiger partial charge on any atom is -0.493 e. The van der Waals surface area contributed by atoms with E-state index in [9.17, 15) is 9.59 Å². The zero-order chi connectivity index (χ0) is 23.1. The molecule has 1 fully saturated rings. The third kappa shape index (κ3) is 5.47. The minimum atomic E-state index is -0.442. The molecule has 170 valence electrons. The fraction of sp³-hybridized carbons (Fsp3) is 0.348. The molecule has 2 amide bonds. The first-order valence-electron chi connectivity index (χ1n) is 10.3. The van der Waals surface area contributed by atoms with Gasteiger partial charge >= 0.3 is 0 Å². The number of nitrogens with zero attached hydrogens (tertiary/aromatic N) is 1. The van der Waals surface area contributed by atoms with Crippen LogP contribution in [0.25, 0.3) is 0 Å². The van der Waals surface area contributed by atoms with E-state index in [2.05, 4.69) is 10.6 Å². The molecular formula is C23H27N3O5S. The Labute approximate surface area is 192 Å². The van der Waals surface area contributed by atoms with E-state index in [1.54, 1.807) is 24.3 Å². The highest BCUT2D eigenvalue weighted by Crippen LogP contribution is 2.38. The average molecular weight is 458 g/mol. The smallest absolute Gasteiger partial charge is 0.257 e. The number of carbonyl (C=O) groups excluding carboxylic acids is 2. The first-order valence-corrected chi connectivity index (χ1v) is 10.7. The molecule has 0 spiro atoms. The van der Waals surface area contributed by atoms with Crippen LogP contribution in [-0.2, 0) is 0 Å². The van der Waals surface area contributed by atoms with Gasteiger partial charge in [-0.05, 0) is 61.8 Å². The van der Waals surface area contributed by atoms with E-state index < -0.39 is 5.91 Å².